The highest BCUT2D eigenvalue weighted by Gasteiger charge is 2.05. The van der Waals surface area contributed by atoms with Crippen LogP contribution in [0.1, 0.15) is 13.8 Å². The fourth-order valence-corrected chi connectivity index (χ4v) is 1.83. The van der Waals surface area contributed by atoms with Crippen molar-refractivity contribution >= 4 is 39.3 Å². The number of benzene rings is 1. The van der Waals surface area contributed by atoms with Gasteiger partial charge in [0.25, 0.3) is 0 Å². The Kier molecular flexibility index (Phi) is 5.10. The van der Waals surface area contributed by atoms with Crippen LogP contribution in [0.4, 0.5) is 22.1 Å². The predicted octanol–water partition coefficient (Wildman–Crippen LogP) is 3.51. The lowest BCUT2D eigenvalue weighted by Crippen LogP contribution is -2.34. The van der Waals surface area contributed by atoms with Gasteiger partial charge in [0.05, 0.1) is 0 Å². The third-order valence-electron chi connectivity index (χ3n) is 2.44. The molecule has 6 nitrogen and oxygen atoms in total. The van der Waals surface area contributed by atoms with Gasteiger partial charge in [-0.25, -0.2) is 4.79 Å². The molecule has 0 aliphatic rings. The van der Waals surface area contributed by atoms with Gasteiger partial charge >= 0.3 is 6.03 Å². The molecule has 7 heteroatoms. The number of anilines is 3. The summed E-state index contributed by atoms with van der Waals surface area (Å²) in [5.41, 5.74) is 0.908. The maximum atomic E-state index is 11.5. The first-order valence-corrected chi connectivity index (χ1v) is 7.26. The minimum absolute atomic E-state index is 0.0660. The van der Waals surface area contributed by atoms with Crippen LogP contribution in [0.2, 0.25) is 0 Å². The van der Waals surface area contributed by atoms with E-state index >= 15 is 0 Å². The molecule has 21 heavy (non-hydrogen) atoms. The van der Waals surface area contributed by atoms with E-state index in [2.05, 4.69) is 42.1 Å². The Balaban J connectivity index is 1.95. The van der Waals surface area contributed by atoms with Crippen molar-refractivity contribution in [2.24, 2.45) is 0 Å². The van der Waals surface area contributed by atoms with Crippen LogP contribution < -0.4 is 16.0 Å². The van der Waals surface area contributed by atoms with Crippen molar-refractivity contribution in [1.29, 1.82) is 0 Å². The first-order chi connectivity index (χ1) is 10.0. The number of hydrogen-bond acceptors (Lipinski definition) is 4. The Hall–Kier alpha value is -2.15. The second-order valence-corrected chi connectivity index (χ2v) is 5.60. The second kappa shape index (κ2) is 7.03. The lowest BCUT2D eigenvalue weighted by atomic mass is 10.3. The molecule has 0 radical (unpaired) electrons. The number of aromatic nitrogens is 2. The van der Waals surface area contributed by atoms with Gasteiger partial charge in [-0.05, 0) is 50.2 Å². The number of rotatable bonds is 4. The zero-order valence-electron chi connectivity index (χ0n) is 11.7. The van der Waals surface area contributed by atoms with Crippen molar-refractivity contribution < 1.29 is 4.79 Å². The summed E-state index contributed by atoms with van der Waals surface area (Å²) in [6.45, 7) is 3.77. The van der Waals surface area contributed by atoms with Crippen molar-refractivity contribution in [1.82, 2.24) is 15.5 Å². The lowest BCUT2D eigenvalue weighted by molar-refractivity contribution is 0.250. The molecule has 2 aromatic rings. The van der Waals surface area contributed by atoms with E-state index in [-0.39, 0.29) is 12.1 Å². The third-order valence-corrected chi connectivity index (χ3v) is 2.97. The van der Waals surface area contributed by atoms with Gasteiger partial charge in [-0.2, -0.15) is 0 Å². The minimum atomic E-state index is -0.298. The number of nitrogens with zero attached hydrogens (tertiary/aromatic N) is 2. The van der Waals surface area contributed by atoms with E-state index in [1.807, 2.05) is 38.1 Å². The predicted molar refractivity (Wildman–Crippen MR) is 86.7 cm³/mol. The molecule has 1 heterocycles. The fourth-order valence-electron chi connectivity index (χ4n) is 1.56. The molecule has 1 aromatic carbocycles. The molecule has 2 rings (SSSR count). The van der Waals surface area contributed by atoms with Gasteiger partial charge in [-0.1, -0.05) is 15.9 Å². The summed E-state index contributed by atoms with van der Waals surface area (Å²) in [6.07, 6.45) is 0. The van der Waals surface area contributed by atoms with Crippen LogP contribution >= 0.6 is 15.9 Å². The first-order valence-electron chi connectivity index (χ1n) is 6.47. The average Bonchev–Trinajstić information content (AvgIpc) is 2.42. The normalized spacial score (nSPS) is 10.3. The second-order valence-electron chi connectivity index (χ2n) is 4.69. The summed E-state index contributed by atoms with van der Waals surface area (Å²) < 4.78 is 1.01. The van der Waals surface area contributed by atoms with Crippen molar-refractivity contribution in [3.05, 3.63) is 40.9 Å². The summed E-state index contributed by atoms with van der Waals surface area (Å²) in [5.74, 6) is 1.00. The van der Waals surface area contributed by atoms with Gasteiger partial charge in [0.2, 0.25) is 0 Å². The van der Waals surface area contributed by atoms with Crippen LogP contribution in [0.25, 0.3) is 0 Å². The van der Waals surface area contributed by atoms with Crippen LogP contribution in [0.3, 0.4) is 0 Å². The van der Waals surface area contributed by atoms with E-state index < -0.39 is 0 Å². The highest BCUT2D eigenvalue weighted by molar-refractivity contribution is 9.10. The monoisotopic (exact) mass is 349 g/mol. The SMILES string of the molecule is CC(C)NC(=O)Nc1ccc(Nc2ccc(Br)cc2)nn1. The van der Waals surface area contributed by atoms with Gasteiger partial charge in [0.15, 0.2) is 11.6 Å². The maximum absolute atomic E-state index is 11.5. The van der Waals surface area contributed by atoms with Crippen LogP contribution in [-0.4, -0.2) is 22.3 Å². The van der Waals surface area contributed by atoms with E-state index in [9.17, 15) is 4.79 Å². The standard InChI is InChI=1S/C14H16BrN5O/c1-9(2)16-14(21)18-13-8-7-12(19-20-13)17-11-5-3-10(15)4-6-11/h3-9H,1-2H3,(H,17,19)(H2,16,18,20,21). The summed E-state index contributed by atoms with van der Waals surface area (Å²) in [5, 5.41) is 16.4. The number of carbonyl (C=O) groups is 1. The van der Waals surface area contributed by atoms with Crippen molar-refractivity contribution in [2.45, 2.75) is 19.9 Å². The van der Waals surface area contributed by atoms with Gasteiger partial charge in [0.1, 0.15) is 0 Å². The number of amides is 2. The summed E-state index contributed by atoms with van der Waals surface area (Å²) >= 11 is 3.38. The molecule has 0 saturated carbocycles. The molecule has 0 unspecified atom stereocenters. The van der Waals surface area contributed by atoms with E-state index in [4.69, 9.17) is 0 Å². The molecule has 0 bridgehead atoms. The Labute approximate surface area is 131 Å². The van der Waals surface area contributed by atoms with Gasteiger partial charge in [-0.3, -0.25) is 5.32 Å². The highest BCUT2D eigenvalue weighted by Crippen LogP contribution is 2.17. The summed E-state index contributed by atoms with van der Waals surface area (Å²) in [4.78, 5) is 11.5. The lowest BCUT2D eigenvalue weighted by Gasteiger charge is -2.09. The van der Waals surface area contributed by atoms with Crippen molar-refractivity contribution in [2.75, 3.05) is 10.6 Å². The molecule has 1 aromatic heterocycles. The Morgan fingerprint density at radius 3 is 2.24 bits per heavy atom. The Morgan fingerprint density at radius 2 is 1.67 bits per heavy atom. The van der Waals surface area contributed by atoms with Gasteiger partial charge in [-0.15, -0.1) is 10.2 Å². The van der Waals surface area contributed by atoms with Gasteiger partial charge < -0.3 is 10.6 Å². The first kappa shape index (κ1) is 15.2. The zero-order valence-corrected chi connectivity index (χ0v) is 13.3. The summed E-state index contributed by atoms with van der Waals surface area (Å²) in [7, 11) is 0. The molecule has 110 valence electrons. The van der Waals surface area contributed by atoms with Crippen LogP contribution in [0, 0.1) is 0 Å². The number of hydrogen-bond donors (Lipinski definition) is 3. The number of carbonyl (C=O) groups excluding carboxylic acids is 1. The molecule has 3 N–H and O–H groups in total. The van der Waals surface area contributed by atoms with Crippen molar-refractivity contribution in [3.63, 3.8) is 0 Å². The smallest absolute Gasteiger partial charge is 0.320 e. The fraction of sp³-hybridized carbons (Fsp3) is 0.214. The largest absolute Gasteiger partial charge is 0.339 e. The summed E-state index contributed by atoms with van der Waals surface area (Å²) in [6, 6.07) is 10.9. The van der Waals surface area contributed by atoms with E-state index in [1.165, 1.54) is 0 Å². The minimum Gasteiger partial charge on any atom is -0.339 e. The highest BCUT2D eigenvalue weighted by atomic mass is 79.9. The third kappa shape index (κ3) is 5.03. The van der Waals surface area contributed by atoms with Crippen LogP contribution in [0.15, 0.2) is 40.9 Å². The molecule has 0 atom stereocenters. The van der Waals surface area contributed by atoms with Crippen LogP contribution in [-0.2, 0) is 0 Å². The topological polar surface area (TPSA) is 78.9 Å². The zero-order chi connectivity index (χ0) is 15.2. The van der Waals surface area contributed by atoms with Crippen molar-refractivity contribution in [3.8, 4) is 0 Å². The molecule has 0 fully saturated rings. The average molecular weight is 350 g/mol. The number of nitrogens with one attached hydrogen (secondary N) is 3. The maximum Gasteiger partial charge on any atom is 0.320 e. The molecule has 0 saturated heterocycles. The van der Waals surface area contributed by atoms with E-state index in [0.717, 1.165) is 10.2 Å². The van der Waals surface area contributed by atoms with Gasteiger partial charge in [0, 0.05) is 16.2 Å². The molecular formula is C14H16BrN5O. The Morgan fingerprint density at radius 1 is 1.05 bits per heavy atom. The van der Waals surface area contributed by atoms with Crippen LogP contribution in [0.5, 0.6) is 0 Å². The Bertz CT molecular complexity index is 598. The molecule has 0 aliphatic carbocycles. The number of urea groups is 1. The van der Waals surface area contributed by atoms with E-state index in [1.54, 1.807) is 12.1 Å². The van der Waals surface area contributed by atoms with E-state index in [0.29, 0.717) is 11.6 Å². The number of halogens is 1. The molecule has 0 spiro atoms. The molecule has 2 amide bonds. The molecule has 0 aliphatic heterocycles. The quantitative estimate of drug-likeness (QED) is 0.788. The molecular weight excluding hydrogens is 334 g/mol.